The summed E-state index contributed by atoms with van der Waals surface area (Å²) >= 11 is 0. The van der Waals surface area contributed by atoms with E-state index in [0.29, 0.717) is 17.4 Å². The number of rotatable bonds is 4. The van der Waals surface area contributed by atoms with E-state index in [1.165, 1.54) is 12.1 Å². The van der Waals surface area contributed by atoms with Gasteiger partial charge in [-0.3, -0.25) is 0 Å². The second kappa shape index (κ2) is 6.47. The highest BCUT2D eigenvalue weighted by Gasteiger charge is 2.48. The van der Waals surface area contributed by atoms with Crippen molar-refractivity contribution in [2.45, 2.75) is 32.7 Å². The molecular weight excluding hydrogens is 341 g/mol. The minimum Gasteiger partial charge on any atom is -0.376 e. The smallest absolute Gasteiger partial charge is 0.376 e. The van der Waals surface area contributed by atoms with Gasteiger partial charge < -0.3 is 4.18 Å². The molecule has 24 heavy (non-hydrogen) atoms. The zero-order chi connectivity index (χ0) is 18.1. The minimum absolute atomic E-state index is 0.298. The van der Waals surface area contributed by atoms with E-state index in [1.807, 2.05) is 20.8 Å². The molecule has 0 radical (unpaired) electrons. The Kier molecular flexibility index (Phi) is 4.94. The topological polar surface area (TPSA) is 43.4 Å². The first-order valence-electron chi connectivity index (χ1n) is 7.17. The number of alkyl halides is 3. The summed E-state index contributed by atoms with van der Waals surface area (Å²) in [5.41, 5.74) is -3.12. The van der Waals surface area contributed by atoms with Gasteiger partial charge in [0.25, 0.3) is 0 Å². The molecule has 0 unspecified atom stereocenters. The van der Waals surface area contributed by atoms with Crippen LogP contribution in [0.15, 0.2) is 47.5 Å². The lowest BCUT2D eigenvalue weighted by atomic mass is 9.96. The Labute approximate surface area is 138 Å². The van der Waals surface area contributed by atoms with Gasteiger partial charge in [-0.15, -0.1) is 0 Å². The molecule has 0 N–H and O–H groups in total. The summed E-state index contributed by atoms with van der Waals surface area (Å²) in [4.78, 5) is 0. The maximum absolute atomic E-state index is 12.6. The number of allylic oxidation sites excluding steroid dienone is 2. The molecule has 3 nitrogen and oxygen atoms in total. The van der Waals surface area contributed by atoms with Crippen LogP contribution in [-0.4, -0.2) is 13.9 Å². The van der Waals surface area contributed by atoms with Crippen molar-refractivity contribution in [2.75, 3.05) is 0 Å². The van der Waals surface area contributed by atoms with Crippen molar-refractivity contribution in [1.82, 2.24) is 0 Å². The first-order valence-corrected chi connectivity index (χ1v) is 8.58. The van der Waals surface area contributed by atoms with Gasteiger partial charge in [0.05, 0.1) is 0 Å². The van der Waals surface area contributed by atoms with Gasteiger partial charge in [0.1, 0.15) is 5.75 Å². The lowest BCUT2D eigenvalue weighted by Gasteiger charge is -2.16. The van der Waals surface area contributed by atoms with Gasteiger partial charge in [0.2, 0.25) is 0 Å². The zero-order valence-electron chi connectivity index (χ0n) is 13.4. The Bertz CT molecular complexity index is 893. The molecule has 0 aliphatic rings. The fourth-order valence-electron chi connectivity index (χ4n) is 2.18. The van der Waals surface area contributed by atoms with Crippen LogP contribution in [-0.2, 0) is 16.5 Å². The van der Waals surface area contributed by atoms with Crippen LogP contribution >= 0.6 is 0 Å². The van der Waals surface area contributed by atoms with Crippen LogP contribution < -0.4 is 4.18 Å². The molecule has 0 saturated carbocycles. The number of halogens is 3. The number of hydrogen-bond donors (Lipinski definition) is 0. The molecule has 2 aromatic carbocycles. The molecule has 0 aliphatic heterocycles. The van der Waals surface area contributed by atoms with Gasteiger partial charge in [-0.1, -0.05) is 41.5 Å². The van der Waals surface area contributed by atoms with E-state index in [-0.39, 0.29) is 5.75 Å². The van der Waals surface area contributed by atoms with Crippen molar-refractivity contribution in [3.05, 3.63) is 53.1 Å². The molecule has 2 aromatic rings. The second-order valence-electron chi connectivity index (χ2n) is 5.70. The van der Waals surface area contributed by atoms with E-state index in [2.05, 4.69) is 4.18 Å². The van der Waals surface area contributed by atoms with Gasteiger partial charge >= 0.3 is 15.6 Å². The molecule has 0 bridgehead atoms. The molecule has 0 saturated heterocycles. The third kappa shape index (κ3) is 3.72. The van der Waals surface area contributed by atoms with Crippen molar-refractivity contribution in [3.8, 4) is 5.75 Å². The molecule has 0 aliphatic carbocycles. The van der Waals surface area contributed by atoms with Crippen molar-refractivity contribution in [1.29, 1.82) is 0 Å². The Morgan fingerprint density at radius 2 is 1.67 bits per heavy atom. The quantitative estimate of drug-likeness (QED) is 0.440. The Morgan fingerprint density at radius 3 is 2.25 bits per heavy atom. The van der Waals surface area contributed by atoms with Crippen LogP contribution in [0.1, 0.15) is 26.3 Å². The Balaban J connectivity index is 2.64. The Morgan fingerprint density at radius 1 is 1.04 bits per heavy atom. The third-order valence-electron chi connectivity index (χ3n) is 3.78. The SMILES string of the molecule is CC(C)=C(C)Cc1c(OS(=O)(=O)C(F)(F)F)ccc2ccccc12. The van der Waals surface area contributed by atoms with Crippen LogP contribution in [0.3, 0.4) is 0 Å². The average Bonchev–Trinajstić information content (AvgIpc) is 2.48. The lowest BCUT2D eigenvalue weighted by molar-refractivity contribution is -0.0500. The van der Waals surface area contributed by atoms with E-state index in [4.69, 9.17) is 0 Å². The second-order valence-corrected chi connectivity index (χ2v) is 7.24. The fraction of sp³-hybridized carbons (Fsp3) is 0.294. The van der Waals surface area contributed by atoms with Crippen molar-refractivity contribution < 1.29 is 25.8 Å². The summed E-state index contributed by atoms with van der Waals surface area (Å²) in [5.74, 6) is -0.299. The summed E-state index contributed by atoms with van der Waals surface area (Å²) < 4.78 is 65.1. The molecule has 130 valence electrons. The highest BCUT2D eigenvalue weighted by molar-refractivity contribution is 7.88. The molecule has 0 spiro atoms. The monoisotopic (exact) mass is 358 g/mol. The standard InChI is InChI=1S/C17H17F3O3S/c1-11(2)12(3)10-15-14-7-5-4-6-13(14)8-9-16(15)23-24(21,22)17(18,19)20/h4-9H,10H2,1-3H3. The first-order chi connectivity index (χ1) is 11.0. The summed E-state index contributed by atoms with van der Waals surface area (Å²) in [5, 5.41) is 1.46. The summed E-state index contributed by atoms with van der Waals surface area (Å²) in [6, 6.07) is 9.88. The Hall–Kier alpha value is -2.02. The normalized spacial score (nSPS) is 12.2. The minimum atomic E-state index is -5.71. The van der Waals surface area contributed by atoms with Crippen molar-refractivity contribution >= 4 is 20.9 Å². The highest BCUT2D eigenvalue weighted by atomic mass is 32.2. The third-order valence-corrected chi connectivity index (χ3v) is 4.74. The van der Waals surface area contributed by atoms with Gasteiger partial charge in [-0.2, -0.15) is 21.6 Å². The average molecular weight is 358 g/mol. The number of hydrogen-bond acceptors (Lipinski definition) is 3. The highest BCUT2D eigenvalue weighted by Crippen LogP contribution is 2.34. The molecule has 0 amide bonds. The van der Waals surface area contributed by atoms with E-state index in [1.54, 1.807) is 24.3 Å². The molecule has 0 heterocycles. The predicted octanol–water partition coefficient (Wildman–Crippen LogP) is 4.97. The summed E-state index contributed by atoms with van der Waals surface area (Å²) in [6.45, 7) is 5.61. The largest absolute Gasteiger partial charge is 0.534 e. The van der Waals surface area contributed by atoms with Gasteiger partial charge in [0.15, 0.2) is 0 Å². The van der Waals surface area contributed by atoms with E-state index < -0.39 is 15.6 Å². The van der Waals surface area contributed by atoms with Crippen LogP contribution in [0.5, 0.6) is 5.75 Å². The van der Waals surface area contributed by atoms with Crippen LogP contribution in [0.2, 0.25) is 0 Å². The van der Waals surface area contributed by atoms with Crippen molar-refractivity contribution in [3.63, 3.8) is 0 Å². The molecular formula is C17H17F3O3S. The van der Waals surface area contributed by atoms with Crippen molar-refractivity contribution in [2.24, 2.45) is 0 Å². The number of fused-ring (bicyclic) bond motifs is 1. The van der Waals surface area contributed by atoms with E-state index >= 15 is 0 Å². The van der Waals surface area contributed by atoms with Gasteiger partial charge in [0, 0.05) is 5.56 Å². The fourth-order valence-corrected chi connectivity index (χ4v) is 2.67. The molecule has 0 fully saturated rings. The van der Waals surface area contributed by atoms with Crippen LogP contribution in [0.4, 0.5) is 13.2 Å². The maximum atomic E-state index is 12.6. The predicted molar refractivity (Wildman–Crippen MR) is 87.3 cm³/mol. The molecule has 0 aromatic heterocycles. The van der Waals surface area contributed by atoms with E-state index in [0.717, 1.165) is 16.5 Å². The van der Waals surface area contributed by atoms with Crippen LogP contribution in [0, 0.1) is 0 Å². The first kappa shape index (κ1) is 18.3. The maximum Gasteiger partial charge on any atom is 0.534 e. The number of benzene rings is 2. The summed E-state index contributed by atoms with van der Waals surface area (Å²) in [6.07, 6.45) is 0.298. The zero-order valence-corrected chi connectivity index (χ0v) is 14.3. The summed E-state index contributed by atoms with van der Waals surface area (Å²) in [7, 11) is -5.71. The van der Waals surface area contributed by atoms with Gasteiger partial charge in [-0.05, 0) is 44.0 Å². The lowest BCUT2D eigenvalue weighted by Crippen LogP contribution is -2.28. The van der Waals surface area contributed by atoms with E-state index in [9.17, 15) is 21.6 Å². The molecule has 0 atom stereocenters. The van der Waals surface area contributed by atoms with Crippen LogP contribution in [0.25, 0.3) is 10.8 Å². The molecule has 2 rings (SSSR count). The molecule has 7 heteroatoms. The van der Waals surface area contributed by atoms with Gasteiger partial charge in [-0.25, -0.2) is 0 Å².